The molecule has 0 atom stereocenters. The lowest BCUT2D eigenvalue weighted by atomic mass is 10.1. The normalized spacial score (nSPS) is 11.2. The van der Waals surface area contributed by atoms with Crippen molar-refractivity contribution in [2.45, 2.75) is 26.9 Å². The molecule has 0 aliphatic rings. The first-order chi connectivity index (χ1) is 14.0. The molecule has 0 radical (unpaired) electrons. The summed E-state index contributed by atoms with van der Waals surface area (Å²) < 4.78 is 1.91. The van der Waals surface area contributed by atoms with Crippen molar-refractivity contribution in [3.05, 3.63) is 57.3 Å². The molecule has 0 aliphatic heterocycles. The zero-order valence-corrected chi connectivity index (χ0v) is 17.8. The molecule has 148 valence electrons. The highest BCUT2D eigenvalue weighted by Crippen LogP contribution is 2.25. The number of benzene rings is 1. The average Bonchev–Trinajstić information content (AvgIpc) is 3.37. The number of carbonyl (C=O) groups is 1. The van der Waals surface area contributed by atoms with Crippen molar-refractivity contribution in [2.24, 2.45) is 0 Å². The lowest BCUT2D eigenvalue weighted by molar-refractivity contribution is 0.0781. The second kappa shape index (κ2) is 7.88. The van der Waals surface area contributed by atoms with Gasteiger partial charge in [-0.2, -0.15) is 5.10 Å². The molecule has 0 saturated carbocycles. The van der Waals surface area contributed by atoms with Gasteiger partial charge < -0.3 is 4.90 Å². The Bertz CT molecular complexity index is 1190. The number of aromatic nitrogens is 5. The van der Waals surface area contributed by atoms with E-state index in [2.05, 4.69) is 20.1 Å². The van der Waals surface area contributed by atoms with Crippen LogP contribution < -0.4 is 0 Å². The van der Waals surface area contributed by atoms with Crippen LogP contribution >= 0.6 is 22.9 Å². The molecular formula is C20H19ClN6OS. The third-order valence-electron chi connectivity index (χ3n) is 4.78. The molecule has 0 spiro atoms. The van der Waals surface area contributed by atoms with Crippen molar-refractivity contribution in [1.29, 1.82) is 0 Å². The fourth-order valence-electron chi connectivity index (χ4n) is 3.17. The summed E-state index contributed by atoms with van der Waals surface area (Å²) in [5.41, 5.74) is 5.36. The molecule has 7 nitrogen and oxygen atoms in total. The number of rotatable bonds is 5. The lowest BCUT2D eigenvalue weighted by Gasteiger charge is -2.18. The molecule has 0 saturated heterocycles. The van der Waals surface area contributed by atoms with Crippen LogP contribution in [-0.4, -0.2) is 42.6 Å². The first-order valence-corrected chi connectivity index (χ1v) is 10.4. The highest BCUT2D eigenvalue weighted by atomic mass is 35.5. The van der Waals surface area contributed by atoms with Gasteiger partial charge in [-0.3, -0.25) is 9.48 Å². The fraction of sp³-hybridized carbons (Fsp3) is 0.250. The molecule has 3 aromatic heterocycles. The number of hydrogen-bond donors (Lipinski definition) is 0. The van der Waals surface area contributed by atoms with E-state index >= 15 is 0 Å². The van der Waals surface area contributed by atoms with Gasteiger partial charge in [0.25, 0.3) is 5.91 Å². The number of aryl methyl sites for hydroxylation is 1. The molecule has 0 aliphatic carbocycles. The van der Waals surface area contributed by atoms with E-state index in [1.807, 2.05) is 23.9 Å². The highest BCUT2D eigenvalue weighted by Gasteiger charge is 2.21. The van der Waals surface area contributed by atoms with Crippen LogP contribution in [0.2, 0.25) is 5.02 Å². The van der Waals surface area contributed by atoms with Crippen molar-refractivity contribution in [1.82, 2.24) is 29.6 Å². The Morgan fingerprint density at radius 3 is 2.83 bits per heavy atom. The summed E-state index contributed by atoms with van der Waals surface area (Å²) in [7, 11) is 1.76. The molecule has 4 rings (SSSR count). The van der Waals surface area contributed by atoms with E-state index in [4.69, 9.17) is 11.6 Å². The van der Waals surface area contributed by atoms with Gasteiger partial charge in [0.05, 0.1) is 17.2 Å². The van der Waals surface area contributed by atoms with Crippen molar-refractivity contribution in [3.8, 4) is 11.5 Å². The molecule has 3 heterocycles. The Labute approximate surface area is 177 Å². The largest absolute Gasteiger partial charge is 0.336 e. The molecular weight excluding hydrogens is 408 g/mol. The van der Waals surface area contributed by atoms with Crippen LogP contribution in [0.4, 0.5) is 0 Å². The molecule has 4 aromatic rings. The maximum absolute atomic E-state index is 13.3. The Morgan fingerprint density at radius 2 is 2.14 bits per heavy atom. The fourth-order valence-corrected chi connectivity index (χ4v) is 3.87. The van der Waals surface area contributed by atoms with Gasteiger partial charge in [0.1, 0.15) is 11.4 Å². The SMILES string of the molecule is CCn1ncc(CN(C)C(=O)c2nc(-c3cscn3)nc3ccc(Cl)cc23)c1C. The maximum Gasteiger partial charge on any atom is 0.273 e. The van der Waals surface area contributed by atoms with Crippen LogP contribution in [0.3, 0.4) is 0 Å². The molecule has 1 amide bonds. The quantitative estimate of drug-likeness (QED) is 0.478. The number of carbonyl (C=O) groups excluding carboxylic acids is 1. The number of fused-ring (bicyclic) bond motifs is 1. The zero-order chi connectivity index (χ0) is 20.5. The molecule has 29 heavy (non-hydrogen) atoms. The summed E-state index contributed by atoms with van der Waals surface area (Å²) in [5, 5.41) is 7.36. The van der Waals surface area contributed by atoms with Gasteiger partial charge in [-0.25, -0.2) is 15.0 Å². The minimum absolute atomic E-state index is 0.209. The predicted octanol–water partition coefficient (Wildman–Crippen LogP) is 4.20. The summed E-state index contributed by atoms with van der Waals surface area (Å²) in [6.45, 7) is 5.26. The van der Waals surface area contributed by atoms with E-state index < -0.39 is 0 Å². The molecule has 0 unspecified atom stereocenters. The van der Waals surface area contributed by atoms with E-state index in [1.165, 1.54) is 11.3 Å². The molecule has 0 bridgehead atoms. The second-order valence-electron chi connectivity index (χ2n) is 6.66. The summed E-state index contributed by atoms with van der Waals surface area (Å²) in [4.78, 5) is 28.4. The van der Waals surface area contributed by atoms with Gasteiger partial charge in [0.15, 0.2) is 5.82 Å². The Hall–Kier alpha value is -2.84. The first-order valence-electron chi connectivity index (χ1n) is 9.10. The van der Waals surface area contributed by atoms with Crippen molar-refractivity contribution < 1.29 is 4.79 Å². The molecule has 0 N–H and O–H groups in total. The van der Waals surface area contributed by atoms with Crippen LogP contribution in [0.25, 0.3) is 22.4 Å². The number of hydrogen-bond acceptors (Lipinski definition) is 6. The van der Waals surface area contributed by atoms with Crippen LogP contribution in [-0.2, 0) is 13.1 Å². The van der Waals surface area contributed by atoms with Gasteiger partial charge in [-0.05, 0) is 32.0 Å². The summed E-state index contributed by atoms with van der Waals surface area (Å²) in [6.07, 6.45) is 1.80. The van der Waals surface area contributed by atoms with E-state index in [-0.39, 0.29) is 5.91 Å². The Kier molecular flexibility index (Phi) is 5.29. The molecule has 1 aromatic carbocycles. The maximum atomic E-state index is 13.3. The molecule has 0 fully saturated rings. The number of amides is 1. The van der Waals surface area contributed by atoms with Gasteiger partial charge in [-0.15, -0.1) is 11.3 Å². The topological polar surface area (TPSA) is 76.8 Å². The predicted molar refractivity (Wildman–Crippen MR) is 114 cm³/mol. The Balaban J connectivity index is 1.75. The van der Waals surface area contributed by atoms with Crippen molar-refractivity contribution in [2.75, 3.05) is 7.05 Å². The van der Waals surface area contributed by atoms with Crippen LogP contribution in [0.15, 0.2) is 35.3 Å². The lowest BCUT2D eigenvalue weighted by Crippen LogP contribution is -2.27. The summed E-state index contributed by atoms with van der Waals surface area (Å²) >= 11 is 7.64. The van der Waals surface area contributed by atoms with Crippen LogP contribution in [0, 0.1) is 6.92 Å². The minimum Gasteiger partial charge on any atom is -0.336 e. The Morgan fingerprint density at radius 1 is 1.31 bits per heavy atom. The second-order valence-corrected chi connectivity index (χ2v) is 7.82. The van der Waals surface area contributed by atoms with Gasteiger partial charge in [-0.1, -0.05) is 11.6 Å². The molecule has 9 heteroatoms. The van der Waals surface area contributed by atoms with Crippen molar-refractivity contribution >= 4 is 39.7 Å². The average molecular weight is 427 g/mol. The van der Waals surface area contributed by atoms with Gasteiger partial charge in [0.2, 0.25) is 0 Å². The zero-order valence-electron chi connectivity index (χ0n) is 16.3. The smallest absolute Gasteiger partial charge is 0.273 e. The number of nitrogens with zero attached hydrogens (tertiary/aromatic N) is 6. The number of thiazole rings is 1. The monoisotopic (exact) mass is 426 g/mol. The minimum atomic E-state index is -0.209. The van der Waals surface area contributed by atoms with Gasteiger partial charge >= 0.3 is 0 Å². The third-order valence-corrected chi connectivity index (χ3v) is 5.60. The highest BCUT2D eigenvalue weighted by molar-refractivity contribution is 7.07. The third kappa shape index (κ3) is 3.73. The van der Waals surface area contributed by atoms with Gasteiger partial charge in [0, 0.05) is 47.2 Å². The van der Waals surface area contributed by atoms with Crippen LogP contribution in [0.1, 0.15) is 28.7 Å². The van der Waals surface area contributed by atoms with E-state index in [9.17, 15) is 4.79 Å². The summed E-state index contributed by atoms with van der Waals surface area (Å²) in [6, 6.07) is 5.27. The number of halogens is 1. The first kappa shape index (κ1) is 19.5. The van der Waals surface area contributed by atoms with E-state index in [0.29, 0.717) is 39.7 Å². The van der Waals surface area contributed by atoms with Crippen molar-refractivity contribution in [3.63, 3.8) is 0 Å². The standard InChI is InChI=1S/C20H19ClN6OS/c1-4-27-12(2)13(8-23-27)9-26(3)20(28)18-15-7-14(21)5-6-16(15)24-19(25-18)17-10-29-11-22-17/h5-8,10-11H,4,9H2,1-3H3. The van der Waals surface area contributed by atoms with E-state index in [0.717, 1.165) is 17.8 Å². The summed E-state index contributed by atoms with van der Waals surface area (Å²) in [5.74, 6) is 0.215. The van der Waals surface area contributed by atoms with E-state index in [1.54, 1.807) is 41.9 Å². The van der Waals surface area contributed by atoms with Crippen LogP contribution in [0.5, 0.6) is 0 Å².